The molecule has 0 saturated carbocycles. The molecule has 0 aliphatic carbocycles. The Balaban J connectivity index is 1.83. The van der Waals surface area contributed by atoms with Crippen molar-refractivity contribution in [2.24, 2.45) is 0 Å². The summed E-state index contributed by atoms with van der Waals surface area (Å²) in [6.45, 7) is 6.87. The fourth-order valence-corrected chi connectivity index (χ4v) is 8.98. The highest BCUT2D eigenvalue weighted by Gasteiger charge is 2.26. The van der Waals surface area contributed by atoms with Crippen LogP contribution in [0.2, 0.25) is 0 Å². The molecule has 1 aromatic heterocycles. The molecule has 6 rings (SSSR count). The highest BCUT2D eigenvalue weighted by atomic mass is 32.3. The largest absolute Gasteiger partial charge is 0.408 e. The summed E-state index contributed by atoms with van der Waals surface area (Å²) in [5.74, 6) is 2.21. The van der Waals surface area contributed by atoms with Crippen molar-refractivity contribution < 1.29 is 8.39 Å². The lowest BCUT2D eigenvalue weighted by Crippen LogP contribution is -2.18. The van der Waals surface area contributed by atoms with Crippen molar-refractivity contribution in [3.8, 4) is 0 Å². The van der Waals surface area contributed by atoms with Crippen LogP contribution in [0.3, 0.4) is 0 Å². The molecule has 0 spiro atoms. The highest BCUT2D eigenvalue weighted by Crippen LogP contribution is 2.57. The van der Waals surface area contributed by atoms with Crippen molar-refractivity contribution in [3.05, 3.63) is 103 Å². The first-order chi connectivity index (χ1) is 18.9. The molecule has 39 heavy (non-hydrogen) atoms. The summed E-state index contributed by atoms with van der Waals surface area (Å²) in [7, 11) is -0.416. The van der Waals surface area contributed by atoms with Crippen molar-refractivity contribution in [1.82, 2.24) is 0 Å². The second kappa shape index (κ2) is 10.4. The fraction of sp³-hybridized carbons (Fsp3) is 0.235. The molecule has 0 radical (unpaired) electrons. The van der Waals surface area contributed by atoms with Crippen LogP contribution in [0.4, 0.5) is 0 Å². The zero-order valence-electron chi connectivity index (χ0n) is 23.3. The predicted molar refractivity (Wildman–Crippen MR) is 173 cm³/mol. The van der Waals surface area contributed by atoms with Crippen molar-refractivity contribution in [2.75, 3.05) is 29.5 Å². The Bertz CT molecular complexity index is 1840. The van der Waals surface area contributed by atoms with E-state index >= 15 is 0 Å². The fourth-order valence-electron chi connectivity index (χ4n) is 5.51. The molecule has 0 N–H and O–H groups in total. The molecule has 0 aliphatic rings. The molecule has 6 aromatic rings. The van der Waals surface area contributed by atoms with E-state index in [1.165, 1.54) is 37.4 Å². The van der Waals surface area contributed by atoms with E-state index in [-0.39, 0.29) is 6.04 Å². The van der Waals surface area contributed by atoms with Crippen LogP contribution in [-0.2, 0) is 0 Å². The van der Waals surface area contributed by atoms with Gasteiger partial charge in [-0.15, -0.1) is 0 Å². The third kappa shape index (κ3) is 4.45. The van der Waals surface area contributed by atoms with Gasteiger partial charge in [0.1, 0.15) is 5.58 Å². The van der Waals surface area contributed by atoms with Gasteiger partial charge in [-0.05, 0) is 63.9 Å². The van der Waals surface area contributed by atoms with Crippen molar-refractivity contribution in [1.29, 1.82) is 0 Å². The number of fused-ring (bicyclic) bond motifs is 7. The average molecular weight is 554 g/mol. The van der Waals surface area contributed by atoms with Gasteiger partial charge in [0.05, 0.1) is 0 Å². The van der Waals surface area contributed by atoms with Gasteiger partial charge in [0.2, 0.25) is 0 Å². The van der Waals surface area contributed by atoms with Gasteiger partial charge in [0.15, 0.2) is 5.58 Å². The van der Waals surface area contributed by atoms with Crippen LogP contribution in [0.1, 0.15) is 32.4 Å². The lowest BCUT2D eigenvalue weighted by atomic mass is 9.99. The number of nitrogens with zero attached hydrogens (tertiary/aromatic N) is 1. The van der Waals surface area contributed by atoms with E-state index in [1.807, 2.05) is 0 Å². The van der Waals surface area contributed by atoms with Gasteiger partial charge in [0, 0.05) is 28.8 Å². The number of benzene rings is 5. The Kier molecular flexibility index (Phi) is 6.97. The first-order valence-electron chi connectivity index (χ1n) is 13.7. The summed E-state index contributed by atoms with van der Waals surface area (Å²) in [4.78, 5) is 1.35. The Morgan fingerprint density at radius 3 is 2.05 bits per heavy atom. The van der Waals surface area contributed by atoms with Crippen LogP contribution >= 0.6 is 18.2 Å². The molecule has 0 amide bonds. The van der Waals surface area contributed by atoms with Crippen LogP contribution in [0.5, 0.6) is 0 Å². The summed E-state index contributed by atoms with van der Waals surface area (Å²) >= 11 is 0. The Hall–Kier alpha value is -3.17. The Morgan fingerprint density at radius 2 is 1.36 bits per heavy atom. The van der Waals surface area contributed by atoms with Crippen LogP contribution in [0, 0.1) is 0 Å². The van der Waals surface area contributed by atoms with Gasteiger partial charge in [-0.2, -0.15) is 4.67 Å². The lowest BCUT2D eigenvalue weighted by molar-refractivity contribution is 0.609. The lowest BCUT2D eigenvalue weighted by Gasteiger charge is -2.34. The molecule has 0 fully saturated rings. The second-order valence-corrected chi connectivity index (χ2v) is 16.0. The third-order valence-electron chi connectivity index (χ3n) is 8.36. The van der Waals surface area contributed by atoms with E-state index < -0.39 is 18.2 Å². The summed E-state index contributed by atoms with van der Waals surface area (Å²) in [5.41, 5.74) is 3.13. The first kappa shape index (κ1) is 26.1. The molecule has 0 bridgehead atoms. The minimum atomic E-state index is -1.43. The van der Waals surface area contributed by atoms with E-state index in [1.54, 1.807) is 0 Å². The maximum Gasteiger partial charge on any atom is 0.310 e. The normalized spacial score (nSPS) is 13.9. The minimum absolute atomic E-state index is 0.128. The van der Waals surface area contributed by atoms with E-state index in [4.69, 9.17) is 8.39 Å². The van der Waals surface area contributed by atoms with Gasteiger partial charge >= 0.3 is 8.16 Å². The van der Waals surface area contributed by atoms with E-state index in [9.17, 15) is 0 Å². The third-order valence-corrected chi connectivity index (χ3v) is 13.8. The quantitative estimate of drug-likeness (QED) is 0.205. The zero-order chi connectivity index (χ0) is 27.1. The zero-order valence-corrected chi connectivity index (χ0v) is 25.1. The van der Waals surface area contributed by atoms with Gasteiger partial charge in [-0.25, -0.2) is 10.0 Å². The molecular weight excluding hydrogens is 517 g/mol. The van der Waals surface area contributed by atoms with Crippen LogP contribution < -0.4 is 4.67 Å². The molecule has 3 nitrogen and oxygen atoms in total. The number of hydrogen-bond acceptors (Lipinski definition) is 3. The molecule has 2 atom stereocenters. The van der Waals surface area contributed by atoms with Gasteiger partial charge in [0.25, 0.3) is 0 Å². The van der Waals surface area contributed by atoms with Crippen molar-refractivity contribution >= 4 is 61.7 Å². The van der Waals surface area contributed by atoms with E-state index in [0.717, 1.165) is 28.1 Å². The van der Waals surface area contributed by atoms with Gasteiger partial charge < -0.3 is 8.39 Å². The first-order valence-corrected chi connectivity index (χ1v) is 17.2. The molecule has 0 saturated heterocycles. The summed E-state index contributed by atoms with van der Waals surface area (Å²) in [5, 5.41) is 7.18. The van der Waals surface area contributed by atoms with Crippen LogP contribution in [-0.4, -0.2) is 24.8 Å². The number of rotatable bonds is 6. The molecule has 5 aromatic carbocycles. The van der Waals surface area contributed by atoms with E-state index in [0.29, 0.717) is 0 Å². The van der Waals surface area contributed by atoms with Crippen LogP contribution in [0.15, 0.2) is 110 Å². The van der Waals surface area contributed by atoms with E-state index in [2.05, 4.69) is 136 Å². The molecule has 1 unspecified atom stereocenters. The molecule has 1 heterocycles. The average Bonchev–Trinajstić information content (AvgIpc) is 3.17. The standard InChI is InChI=1S/C34H36NO2PS/c1-6-39(5,7-2)31-23-27-18-12-14-20-29(27)33-32-28-19-13-11-17-26(28)21-22-30(32)36-38(37-34(31)33)35(4)24(3)25-15-9-8-10-16-25/h8-24H,6-7H2,1-5H3/t24-,38?/m0/s1. The Labute approximate surface area is 233 Å². The minimum Gasteiger partial charge on any atom is -0.408 e. The molecule has 200 valence electrons. The predicted octanol–water partition coefficient (Wildman–Crippen LogP) is 10.8. The second-order valence-electron chi connectivity index (χ2n) is 10.4. The maximum atomic E-state index is 7.17. The molecule has 0 aliphatic heterocycles. The van der Waals surface area contributed by atoms with Crippen molar-refractivity contribution in [2.45, 2.75) is 31.7 Å². The highest BCUT2D eigenvalue weighted by molar-refractivity contribution is 8.33. The van der Waals surface area contributed by atoms with Crippen LogP contribution in [0.25, 0.3) is 43.5 Å². The van der Waals surface area contributed by atoms with Crippen molar-refractivity contribution in [3.63, 3.8) is 0 Å². The monoisotopic (exact) mass is 553 g/mol. The Morgan fingerprint density at radius 1 is 0.744 bits per heavy atom. The molecular formula is C34H36NO2PS. The van der Waals surface area contributed by atoms with Gasteiger partial charge in [-0.1, -0.05) is 98.8 Å². The summed E-state index contributed by atoms with van der Waals surface area (Å²) in [6, 6.07) is 34.9. The number of hydrogen-bond donors (Lipinski definition) is 0. The SMILES string of the molecule is CCS(C)(CC)c1cc2ccccc2c2c1op(N(C)[C@@H](C)c1ccccc1)oc1ccc3ccccc3c12. The topological polar surface area (TPSA) is 29.5 Å². The maximum absolute atomic E-state index is 7.17. The van der Waals surface area contributed by atoms with Gasteiger partial charge in [-0.3, -0.25) is 0 Å². The molecule has 5 heteroatoms. The summed E-state index contributed by atoms with van der Waals surface area (Å²) in [6.07, 6.45) is 2.45. The summed E-state index contributed by atoms with van der Waals surface area (Å²) < 4.78 is 16.4. The smallest absolute Gasteiger partial charge is 0.310 e.